The molecule has 0 aromatic heterocycles. The minimum absolute atomic E-state index is 0.0964. The third-order valence-electron chi connectivity index (χ3n) is 3.55. The molecule has 1 saturated heterocycles. The number of nitrogens with zero attached hydrogens (tertiary/aromatic N) is 2. The number of nitrogens with one attached hydrogen (secondary N) is 1. The van der Waals surface area contributed by atoms with Gasteiger partial charge in [0, 0.05) is 25.3 Å². The van der Waals surface area contributed by atoms with E-state index in [4.69, 9.17) is 11.6 Å². The summed E-state index contributed by atoms with van der Waals surface area (Å²) < 4.78 is 28.5. The van der Waals surface area contributed by atoms with E-state index >= 15 is 0 Å². The number of alkyl halides is 2. The Labute approximate surface area is 147 Å². The van der Waals surface area contributed by atoms with Crippen molar-refractivity contribution in [2.45, 2.75) is 13.5 Å². The summed E-state index contributed by atoms with van der Waals surface area (Å²) in [6, 6.07) is 3.78. The summed E-state index contributed by atoms with van der Waals surface area (Å²) in [6.07, 6.45) is 0. The summed E-state index contributed by atoms with van der Waals surface area (Å²) in [6.45, 7) is -0.499. The summed E-state index contributed by atoms with van der Waals surface area (Å²) in [5.74, 6) is -2.13. The minimum Gasteiger partial charge on any atom is -0.433 e. The minimum atomic E-state index is -3.01. The predicted molar refractivity (Wildman–Crippen MR) is 85.5 cm³/mol. The number of likely N-dealkylation sites (N-methyl/N-ethyl adjacent to an activating group) is 1. The Morgan fingerprint density at radius 1 is 1.28 bits per heavy atom. The number of piperazine rings is 1. The number of carbonyl (C=O) groups excluding carboxylic acids is 3. The van der Waals surface area contributed by atoms with Crippen molar-refractivity contribution in [1.29, 1.82) is 0 Å². The van der Waals surface area contributed by atoms with Gasteiger partial charge in [-0.3, -0.25) is 14.4 Å². The molecule has 1 aliphatic heterocycles. The van der Waals surface area contributed by atoms with Crippen LogP contribution in [0.25, 0.3) is 0 Å². The number of hydrogen-bond acceptors (Lipinski definition) is 4. The molecule has 7 nitrogen and oxygen atoms in total. The molecule has 0 bridgehead atoms. The van der Waals surface area contributed by atoms with Crippen LogP contribution in [-0.2, 0) is 14.4 Å². The zero-order valence-electron chi connectivity index (χ0n) is 13.3. The van der Waals surface area contributed by atoms with Gasteiger partial charge in [-0.25, -0.2) is 0 Å². The van der Waals surface area contributed by atoms with E-state index in [2.05, 4.69) is 10.1 Å². The average Bonchev–Trinajstić information content (AvgIpc) is 2.54. The van der Waals surface area contributed by atoms with Crippen molar-refractivity contribution >= 4 is 35.0 Å². The van der Waals surface area contributed by atoms with Gasteiger partial charge < -0.3 is 19.9 Å². The molecule has 0 radical (unpaired) electrons. The van der Waals surface area contributed by atoms with E-state index in [1.54, 1.807) is 6.92 Å². The molecule has 1 N–H and O–H groups in total. The van der Waals surface area contributed by atoms with Crippen LogP contribution >= 0.6 is 11.6 Å². The number of ether oxygens (including phenoxy) is 1. The van der Waals surface area contributed by atoms with Crippen LogP contribution in [0.1, 0.15) is 6.92 Å². The van der Waals surface area contributed by atoms with Crippen LogP contribution < -0.4 is 10.1 Å². The molecular formula is C15H16ClF2N3O4. The molecule has 2 rings (SSSR count). The first kappa shape index (κ1) is 18.9. The van der Waals surface area contributed by atoms with Crippen molar-refractivity contribution in [3.8, 4) is 5.75 Å². The van der Waals surface area contributed by atoms with Gasteiger partial charge in [0.15, 0.2) is 0 Å². The monoisotopic (exact) mass is 375 g/mol. The Bertz CT molecular complexity index is 687. The highest BCUT2D eigenvalue weighted by molar-refractivity contribution is 6.35. The highest BCUT2D eigenvalue weighted by Crippen LogP contribution is 2.28. The number of hydrogen-bond donors (Lipinski definition) is 1. The van der Waals surface area contributed by atoms with E-state index in [0.29, 0.717) is 13.1 Å². The number of benzene rings is 1. The Kier molecular flexibility index (Phi) is 6.13. The lowest BCUT2D eigenvalue weighted by atomic mass is 10.2. The highest BCUT2D eigenvalue weighted by atomic mass is 35.5. The lowest BCUT2D eigenvalue weighted by Crippen LogP contribution is -2.55. The Morgan fingerprint density at radius 2 is 1.92 bits per heavy atom. The topological polar surface area (TPSA) is 79.0 Å². The van der Waals surface area contributed by atoms with E-state index in [-0.39, 0.29) is 29.5 Å². The molecule has 1 fully saturated rings. The molecule has 10 heteroatoms. The van der Waals surface area contributed by atoms with Crippen LogP contribution in [0.4, 0.5) is 14.5 Å². The van der Waals surface area contributed by atoms with Crippen LogP contribution in [0.5, 0.6) is 5.75 Å². The average molecular weight is 376 g/mol. The van der Waals surface area contributed by atoms with Gasteiger partial charge in [0.05, 0.1) is 5.02 Å². The van der Waals surface area contributed by atoms with E-state index < -0.39 is 24.3 Å². The third kappa shape index (κ3) is 4.79. The first-order valence-corrected chi connectivity index (χ1v) is 7.82. The molecule has 0 unspecified atom stereocenters. The molecule has 1 aromatic rings. The lowest BCUT2D eigenvalue weighted by molar-refractivity contribution is -0.156. The molecule has 1 aromatic carbocycles. The van der Waals surface area contributed by atoms with E-state index in [1.807, 2.05) is 0 Å². The Balaban J connectivity index is 1.95. The van der Waals surface area contributed by atoms with E-state index in [1.165, 1.54) is 23.1 Å². The van der Waals surface area contributed by atoms with Crippen LogP contribution in [0, 0.1) is 0 Å². The quantitative estimate of drug-likeness (QED) is 0.765. The predicted octanol–water partition coefficient (Wildman–Crippen LogP) is 1.57. The van der Waals surface area contributed by atoms with Gasteiger partial charge in [-0.15, -0.1) is 0 Å². The summed E-state index contributed by atoms with van der Waals surface area (Å²) in [5.41, 5.74) is 0.252. The Morgan fingerprint density at radius 3 is 2.52 bits per heavy atom. The van der Waals surface area contributed by atoms with Gasteiger partial charge in [-0.05, 0) is 25.1 Å². The van der Waals surface area contributed by atoms with Gasteiger partial charge in [0.2, 0.25) is 5.91 Å². The maximum atomic E-state index is 12.2. The van der Waals surface area contributed by atoms with Crippen LogP contribution in [0.15, 0.2) is 18.2 Å². The molecule has 0 saturated carbocycles. The summed E-state index contributed by atoms with van der Waals surface area (Å²) in [7, 11) is 0. The molecule has 1 aliphatic rings. The number of amides is 3. The summed E-state index contributed by atoms with van der Waals surface area (Å²) in [4.78, 5) is 38.3. The maximum absolute atomic E-state index is 12.2. The fourth-order valence-corrected chi connectivity index (χ4v) is 2.54. The van der Waals surface area contributed by atoms with Crippen molar-refractivity contribution in [3.63, 3.8) is 0 Å². The van der Waals surface area contributed by atoms with Crippen molar-refractivity contribution < 1.29 is 27.9 Å². The normalized spacial score (nSPS) is 14.9. The van der Waals surface area contributed by atoms with Gasteiger partial charge in [0.1, 0.15) is 12.3 Å². The lowest BCUT2D eigenvalue weighted by Gasteiger charge is -2.32. The molecule has 136 valence electrons. The van der Waals surface area contributed by atoms with Crippen LogP contribution in [-0.4, -0.2) is 60.3 Å². The van der Waals surface area contributed by atoms with Gasteiger partial charge in [0.25, 0.3) is 0 Å². The van der Waals surface area contributed by atoms with Gasteiger partial charge in [-0.2, -0.15) is 8.78 Å². The van der Waals surface area contributed by atoms with E-state index in [0.717, 1.165) is 4.90 Å². The Hall–Kier alpha value is -2.42. The number of carbonyl (C=O) groups is 3. The molecule has 3 amide bonds. The molecule has 0 aliphatic carbocycles. The second-order valence-corrected chi connectivity index (χ2v) is 5.59. The van der Waals surface area contributed by atoms with Crippen molar-refractivity contribution in [1.82, 2.24) is 9.80 Å². The SMILES string of the molecule is CCN1CCN(CC(=O)Nc2ccc(OC(F)F)c(Cl)c2)C(=O)C1=O. The largest absolute Gasteiger partial charge is 0.433 e. The number of anilines is 1. The van der Waals surface area contributed by atoms with Crippen molar-refractivity contribution in [2.24, 2.45) is 0 Å². The molecule has 0 atom stereocenters. The second-order valence-electron chi connectivity index (χ2n) is 5.18. The standard InChI is InChI=1S/C15H16ClF2N3O4/c1-2-20-5-6-21(14(24)13(20)23)8-12(22)19-9-3-4-11(10(16)7-9)25-15(17)18/h3-4,7,15H,2,5-6,8H2,1H3,(H,19,22). The molecule has 25 heavy (non-hydrogen) atoms. The van der Waals surface area contributed by atoms with Gasteiger partial charge >= 0.3 is 18.4 Å². The molecule has 1 heterocycles. The molecule has 0 spiro atoms. The third-order valence-corrected chi connectivity index (χ3v) is 3.84. The van der Waals surface area contributed by atoms with E-state index in [9.17, 15) is 23.2 Å². The fourth-order valence-electron chi connectivity index (χ4n) is 2.31. The van der Waals surface area contributed by atoms with Crippen LogP contribution in [0.2, 0.25) is 5.02 Å². The smallest absolute Gasteiger partial charge is 0.387 e. The zero-order valence-corrected chi connectivity index (χ0v) is 14.1. The number of halogens is 3. The highest BCUT2D eigenvalue weighted by Gasteiger charge is 2.32. The zero-order chi connectivity index (χ0) is 18.6. The maximum Gasteiger partial charge on any atom is 0.387 e. The van der Waals surface area contributed by atoms with Crippen LogP contribution in [0.3, 0.4) is 0 Å². The van der Waals surface area contributed by atoms with Crippen molar-refractivity contribution in [3.05, 3.63) is 23.2 Å². The second kappa shape index (κ2) is 8.11. The summed E-state index contributed by atoms with van der Waals surface area (Å²) in [5, 5.41) is 2.39. The van der Waals surface area contributed by atoms with Gasteiger partial charge in [-0.1, -0.05) is 11.6 Å². The van der Waals surface area contributed by atoms with Crippen molar-refractivity contribution in [2.75, 3.05) is 31.5 Å². The number of rotatable bonds is 6. The first-order chi connectivity index (χ1) is 11.8. The molecular weight excluding hydrogens is 360 g/mol. The first-order valence-electron chi connectivity index (χ1n) is 7.44. The summed E-state index contributed by atoms with van der Waals surface area (Å²) >= 11 is 5.80. The fraction of sp³-hybridized carbons (Fsp3) is 0.400.